The van der Waals surface area contributed by atoms with Gasteiger partial charge in [-0.15, -0.1) is 0 Å². The monoisotopic (exact) mass is 200 g/mol. The molecular formula is C8H10F2N4. The molecule has 14 heavy (non-hydrogen) atoms. The van der Waals surface area contributed by atoms with Gasteiger partial charge in [-0.3, -0.25) is 0 Å². The molecule has 1 saturated heterocycles. The van der Waals surface area contributed by atoms with Gasteiger partial charge < -0.3 is 10.6 Å². The summed E-state index contributed by atoms with van der Waals surface area (Å²) < 4.78 is 24.5. The lowest BCUT2D eigenvalue weighted by atomic mass is 10.2. The molecule has 0 saturated carbocycles. The van der Waals surface area contributed by atoms with E-state index in [1.165, 1.54) is 6.07 Å². The second kappa shape index (κ2) is 3.83. The van der Waals surface area contributed by atoms with Gasteiger partial charge in [0.25, 0.3) is 6.43 Å². The van der Waals surface area contributed by atoms with E-state index in [-0.39, 0.29) is 11.7 Å². The Morgan fingerprint density at radius 3 is 2.79 bits per heavy atom. The van der Waals surface area contributed by atoms with Crippen LogP contribution in [0, 0.1) is 0 Å². The van der Waals surface area contributed by atoms with E-state index in [1.54, 1.807) is 0 Å². The van der Waals surface area contributed by atoms with Crippen LogP contribution in [0.2, 0.25) is 0 Å². The van der Waals surface area contributed by atoms with Crippen molar-refractivity contribution < 1.29 is 8.78 Å². The highest BCUT2D eigenvalue weighted by Gasteiger charge is 2.17. The van der Waals surface area contributed by atoms with Crippen LogP contribution in [0.3, 0.4) is 0 Å². The zero-order valence-electron chi connectivity index (χ0n) is 7.37. The van der Waals surface area contributed by atoms with E-state index < -0.39 is 6.43 Å². The maximum atomic E-state index is 12.2. The van der Waals surface area contributed by atoms with E-state index >= 15 is 0 Å². The molecule has 1 aromatic heterocycles. The number of halogens is 2. The predicted octanol–water partition coefficient (Wildman–Crippen LogP) is 0.798. The molecule has 0 aromatic carbocycles. The molecule has 2 N–H and O–H groups in total. The van der Waals surface area contributed by atoms with E-state index in [0.717, 1.165) is 19.4 Å². The van der Waals surface area contributed by atoms with Crippen molar-refractivity contribution in [3.63, 3.8) is 0 Å². The van der Waals surface area contributed by atoms with Gasteiger partial charge in [0.05, 0.1) is 6.04 Å². The van der Waals surface area contributed by atoms with Gasteiger partial charge in [0, 0.05) is 19.2 Å². The Hall–Kier alpha value is -1.30. The van der Waals surface area contributed by atoms with Gasteiger partial charge in [0.1, 0.15) is 17.8 Å². The Kier molecular flexibility index (Phi) is 2.53. The molecule has 0 unspecified atom stereocenters. The SMILES string of the molecule is FC(F)c1cc(NC2CNC2)ncn1. The molecule has 1 aliphatic heterocycles. The summed E-state index contributed by atoms with van der Waals surface area (Å²) in [7, 11) is 0. The first-order valence-corrected chi connectivity index (χ1v) is 4.33. The molecule has 1 fully saturated rings. The Morgan fingerprint density at radius 2 is 2.21 bits per heavy atom. The number of rotatable bonds is 3. The summed E-state index contributed by atoms with van der Waals surface area (Å²) in [6.07, 6.45) is -1.39. The number of nitrogens with zero attached hydrogens (tertiary/aromatic N) is 2. The van der Waals surface area contributed by atoms with Crippen LogP contribution < -0.4 is 10.6 Å². The Balaban J connectivity index is 2.05. The lowest BCUT2D eigenvalue weighted by Gasteiger charge is -2.28. The first-order chi connectivity index (χ1) is 6.75. The molecule has 0 aliphatic carbocycles. The van der Waals surface area contributed by atoms with Crippen LogP contribution in [0.15, 0.2) is 12.4 Å². The number of anilines is 1. The summed E-state index contributed by atoms with van der Waals surface area (Å²) in [5, 5.41) is 6.09. The van der Waals surface area contributed by atoms with E-state index in [9.17, 15) is 8.78 Å². The Morgan fingerprint density at radius 1 is 1.43 bits per heavy atom. The number of hydrogen-bond donors (Lipinski definition) is 2. The smallest absolute Gasteiger partial charge is 0.280 e. The quantitative estimate of drug-likeness (QED) is 0.757. The third kappa shape index (κ3) is 1.95. The Labute approximate surface area is 79.8 Å². The fraction of sp³-hybridized carbons (Fsp3) is 0.500. The van der Waals surface area contributed by atoms with E-state index in [1.807, 2.05) is 0 Å². The first-order valence-electron chi connectivity index (χ1n) is 4.33. The second-order valence-corrected chi connectivity index (χ2v) is 3.13. The lowest BCUT2D eigenvalue weighted by Crippen LogP contribution is -2.51. The molecule has 0 amide bonds. The molecule has 0 atom stereocenters. The van der Waals surface area contributed by atoms with Gasteiger partial charge in [-0.2, -0.15) is 0 Å². The van der Waals surface area contributed by atoms with Crippen molar-refractivity contribution in [1.29, 1.82) is 0 Å². The van der Waals surface area contributed by atoms with Gasteiger partial charge in [0.2, 0.25) is 0 Å². The van der Waals surface area contributed by atoms with Crippen molar-refractivity contribution >= 4 is 5.82 Å². The molecule has 2 heterocycles. The standard InChI is InChI=1S/C8H10F2N4/c9-8(10)6-1-7(13-4-12-6)14-5-2-11-3-5/h1,4-5,8,11H,2-3H2,(H,12,13,14). The maximum absolute atomic E-state index is 12.2. The number of hydrogen-bond acceptors (Lipinski definition) is 4. The van der Waals surface area contributed by atoms with Gasteiger partial charge >= 0.3 is 0 Å². The summed E-state index contributed by atoms with van der Waals surface area (Å²) in [6, 6.07) is 1.57. The lowest BCUT2D eigenvalue weighted by molar-refractivity contribution is 0.146. The average molecular weight is 200 g/mol. The average Bonchev–Trinajstić information content (AvgIpc) is 2.12. The van der Waals surface area contributed by atoms with E-state index in [4.69, 9.17) is 0 Å². The van der Waals surface area contributed by atoms with Crippen LogP contribution >= 0.6 is 0 Å². The molecule has 2 rings (SSSR count). The molecule has 6 heteroatoms. The van der Waals surface area contributed by atoms with Crippen molar-refractivity contribution in [2.75, 3.05) is 18.4 Å². The first kappa shape index (κ1) is 9.26. The topological polar surface area (TPSA) is 49.8 Å². The third-order valence-corrected chi connectivity index (χ3v) is 2.05. The molecule has 0 spiro atoms. The molecular weight excluding hydrogens is 190 g/mol. The molecule has 0 radical (unpaired) electrons. The summed E-state index contributed by atoms with van der Waals surface area (Å²) in [6.45, 7) is 1.68. The zero-order chi connectivity index (χ0) is 9.97. The molecule has 4 nitrogen and oxygen atoms in total. The minimum absolute atomic E-state index is 0.241. The molecule has 76 valence electrons. The van der Waals surface area contributed by atoms with Crippen LogP contribution in [0.1, 0.15) is 12.1 Å². The van der Waals surface area contributed by atoms with E-state index in [0.29, 0.717) is 5.82 Å². The van der Waals surface area contributed by atoms with Crippen LogP contribution in [0.4, 0.5) is 14.6 Å². The number of nitrogens with one attached hydrogen (secondary N) is 2. The van der Waals surface area contributed by atoms with Crippen molar-refractivity contribution in [3.05, 3.63) is 18.1 Å². The van der Waals surface area contributed by atoms with Crippen LogP contribution in [0.25, 0.3) is 0 Å². The van der Waals surface area contributed by atoms with Gasteiger partial charge in [-0.25, -0.2) is 18.7 Å². The van der Waals surface area contributed by atoms with Crippen LogP contribution in [0.5, 0.6) is 0 Å². The van der Waals surface area contributed by atoms with Crippen molar-refractivity contribution in [2.45, 2.75) is 12.5 Å². The summed E-state index contributed by atoms with van der Waals surface area (Å²) >= 11 is 0. The van der Waals surface area contributed by atoms with E-state index in [2.05, 4.69) is 20.6 Å². The molecule has 1 aliphatic rings. The number of aromatic nitrogens is 2. The van der Waals surface area contributed by atoms with Gasteiger partial charge in [0.15, 0.2) is 0 Å². The summed E-state index contributed by atoms with van der Waals surface area (Å²) in [4.78, 5) is 7.33. The van der Waals surface area contributed by atoms with Gasteiger partial charge in [-0.05, 0) is 0 Å². The maximum Gasteiger partial charge on any atom is 0.280 e. The van der Waals surface area contributed by atoms with Crippen molar-refractivity contribution in [2.24, 2.45) is 0 Å². The predicted molar refractivity (Wildman–Crippen MR) is 47.3 cm³/mol. The van der Waals surface area contributed by atoms with Crippen molar-refractivity contribution in [1.82, 2.24) is 15.3 Å². The third-order valence-electron chi connectivity index (χ3n) is 2.05. The fourth-order valence-electron chi connectivity index (χ4n) is 1.17. The van der Waals surface area contributed by atoms with Gasteiger partial charge in [-0.1, -0.05) is 0 Å². The highest BCUT2D eigenvalue weighted by molar-refractivity contribution is 5.37. The highest BCUT2D eigenvalue weighted by atomic mass is 19.3. The summed E-state index contributed by atoms with van der Waals surface area (Å²) in [5.41, 5.74) is -0.241. The van der Waals surface area contributed by atoms with Crippen molar-refractivity contribution in [3.8, 4) is 0 Å². The molecule has 0 bridgehead atoms. The highest BCUT2D eigenvalue weighted by Crippen LogP contribution is 2.18. The van der Waals surface area contributed by atoms with Crippen LogP contribution in [-0.2, 0) is 0 Å². The molecule has 1 aromatic rings. The fourth-order valence-corrected chi connectivity index (χ4v) is 1.17. The minimum Gasteiger partial charge on any atom is -0.365 e. The summed E-state index contributed by atoms with van der Waals surface area (Å²) in [5.74, 6) is 0.460. The normalized spacial score (nSPS) is 16.8. The minimum atomic E-state index is -2.54. The van der Waals surface area contributed by atoms with Crippen LogP contribution in [-0.4, -0.2) is 29.1 Å². The second-order valence-electron chi connectivity index (χ2n) is 3.13. The zero-order valence-corrected chi connectivity index (χ0v) is 7.37. The Bertz CT molecular complexity index is 314. The largest absolute Gasteiger partial charge is 0.365 e. The number of alkyl halides is 2.